The molecule has 19 heavy (non-hydrogen) atoms. The summed E-state index contributed by atoms with van der Waals surface area (Å²) in [5, 5.41) is 8.69. The Morgan fingerprint density at radius 2 is 2.00 bits per heavy atom. The lowest BCUT2D eigenvalue weighted by molar-refractivity contribution is 0.305. The first-order valence-corrected chi connectivity index (χ1v) is 7.79. The summed E-state index contributed by atoms with van der Waals surface area (Å²) in [6.07, 6.45) is 0.368. The van der Waals surface area contributed by atoms with Gasteiger partial charge in [-0.25, -0.2) is 8.42 Å². The molecule has 0 unspecified atom stereocenters. The summed E-state index contributed by atoms with van der Waals surface area (Å²) in [5.74, 6) is 5.77. The van der Waals surface area contributed by atoms with Crippen molar-refractivity contribution in [3.8, 4) is 11.8 Å². The van der Waals surface area contributed by atoms with E-state index in [1.54, 1.807) is 24.3 Å². The van der Waals surface area contributed by atoms with Crippen LogP contribution in [0.4, 0.5) is 5.69 Å². The second kappa shape index (κ2) is 7.17. The molecule has 0 heterocycles. The molecule has 0 aliphatic rings. The molecule has 0 aromatic heterocycles. The van der Waals surface area contributed by atoms with Crippen molar-refractivity contribution in [3.05, 3.63) is 29.8 Å². The van der Waals surface area contributed by atoms with Crippen molar-refractivity contribution in [2.24, 2.45) is 5.92 Å². The molecule has 0 saturated heterocycles. The van der Waals surface area contributed by atoms with Crippen LogP contribution >= 0.6 is 0 Å². The first-order chi connectivity index (χ1) is 8.94. The molecule has 1 rings (SSSR count). The van der Waals surface area contributed by atoms with E-state index in [0.717, 1.165) is 0 Å². The minimum Gasteiger partial charge on any atom is -0.395 e. The van der Waals surface area contributed by atoms with Gasteiger partial charge < -0.3 is 5.11 Å². The summed E-state index contributed by atoms with van der Waals surface area (Å²) < 4.78 is 26.3. The van der Waals surface area contributed by atoms with Gasteiger partial charge in [0, 0.05) is 12.0 Å². The predicted molar refractivity (Wildman–Crippen MR) is 77.3 cm³/mol. The first kappa shape index (κ1) is 15.5. The van der Waals surface area contributed by atoms with Crippen LogP contribution in [0.1, 0.15) is 25.8 Å². The van der Waals surface area contributed by atoms with E-state index >= 15 is 0 Å². The molecule has 0 fully saturated rings. The molecule has 1 aromatic carbocycles. The van der Waals surface area contributed by atoms with Crippen molar-refractivity contribution in [3.63, 3.8) is 0 Å². The molecular formula is C14H19NO3S. The Balaban J connectivity index is 2.93. The maximum atomic E-state index is 11.9. The van der Waals surface area contributed by atoms with Crippen molar-refractivity contribution < 1.29 is 13.5 Å². The van der Waals surface area contributed by atoms with Crippen LogP contribution in [0.15, 0.2) is 24.3 Å². The van der Waals surface area contributed by atoms with Crippen molar-refractivity contribution in [2.45, 2.75) is 20.3 Å². The number of para-hydroxylation sites is 1. The van der Waals surface area contributed by atoms with Gasteiger partial charge in [0.25, 0.3) is 0 Å². The van der Waals surface area contributed by atoms with Crippen LogP contribution in [0.25, 0.3) is 0 Å². The van der Waals surface area contributed by atoms with Crippen LogP contribution in [0.2, 0.25) is 0 Å². The number of hydrogen-bond acceptors (Lipinski definition) is 3. The average molecular weight is 281 g/mol. The highest BCUT2D eigenvalue weighted by Gasteiger charge is 2.14. The molecule has 0 bridgehead atoms. The van der Waals surface area contributed by atoms with E-state index in [4.69, 9.17) is 5.11 Å². The molecule has 5 heteroatoms. The fourth-order valence-corrected chi connectivity index (χ4v) is 3.02. The zero-order chi connectivity index (χ0) is 14.3. The lowest BCUT2D eigenvalue weighted by atomic mass is 10.2. The summed E-state index contributed by atoms with van der Waals surface area (Å²) in [6, 6.07) is 6.98. The van der Waals surface area contributed by atoms with E-state index in [9.17, 15) is 8.42 Å². The number of benzene rings is 1. The molecule has 4 nitrogen and oxygen atoms in total. The lowest BCUT2D eigenvalue weighted by Gasteiger charge is -2.11. The zero-order valence-corrected chi connectivity index (χ0v) is 12.0. The number of aliphatic hydroxyl groups excluding tert-OH is 1. The highest BCUT2D eigenvalue weighted by atomic mass is 32.2. The quantitative estimate of drug-likeness (QED) is 0.809. The third-order valence-corrected chi connectivity index (χ3v) is 3.84. The first-order valence-electron chi connectivity index (χ1n) is 6.14. The number of rotatable bonds is 5. The van der Waals surface area contributed by atoms with Gasteiger partial charge in [-0.3, -0.25) is 4.72 Å². The molecule has 0 aliphatic heterocycles. The fourth-order valence-electron chi connectivity index (χ4n) is 1.54. The van der Waals surface area contributed by atoms with Crippen LogP contribution in [-0.2, 0) is 10.0 Å². The molecule has 0 atom stereocenters. The summed E-state index contributed by atoms with van der Waals surface area (Å²) in [6.45, 7) is 3.70. The number of anilines is 1. The molecule has 0 aliphatic carbocycles. The van der Waals surface area contributed by atoms with Crippen molar-refractivity contribution in [1.82, 2.24) is 0 Å². The minimum atomic E-state index is -3.35. The number of nitrogens with one attached hydrogen (secondary N) is 1. The van der Waals surface area contributed by atoms with Gasteiger partial charge in [0.2, 0.25) is 10.0 Å². The van der Waals surface area contributed by atoms with Crippen LogP contribution in [0, 0.1) is 17.8 Å². The Kier molecular flexibility index (Phi) is 5.87. The molecule has 0 radical (unpaired) electrons. The second-order valence-corrected chi connectivity index (χ2v) is 6.37. The van der Waals surface area contributed by atoms with Gasteiger partial charge in [-0.2, -0.15) is 0 Å². The molecule has 0 saturated carbocycles. The number of sulfonamides is 1. The SMILES string of the molecule is CC(C)CS(=O)(=O)Nc1ccccc1C#CCCO. The number of hydrogen-bond donors (Lipinski definition) is 2. The molecule has 0 amide bonds. The van der Waals surface area contributed by atoms with E-state index in [1.807, 2.05) is 13.8 Å². The highest BCUT2D eigenvalue weighted by molar-refractivity contribution is 7.92. The predicted octanol–water partition coefficient (Wildman–Crippen LogP) is 1.82. The minimum absolute atomic E-state index is 0.00571. The molecule has 104 valence electrons. The summed E-state index contributed by atoms with van der Waals surface area (Å²) in [7, 11) is -3.35. The fraction of sp³-hybridized carbons (Fsp3) is 0.429. The van der Waals surface area contributed by atoms with Gasteiger partial charge in [-0.05, 0) is 18.1 Å². The average Bonchev–Trinajstić information content (AvgIpc) is 2.29. The van der Waals surface area contributed by atoms with Gasteiger partial charge in [-0.15, -0.1) is 0 Å². The van der Waals surface area contributed by atoms with Gasteiger partial charge in [0.15, 0.2) is 0 Å². The standard InChI is InChI=1S/C14H19NO3S/c1-12(2)11-19(17,18)15-14-9-4-3-7-13(14)8-5-6-10-16/h3-4,7,9,12,15-16H,6,10-11H2,1-2H3. The lowest BCUT2D eigenvalue weighted by Crippen LogP contribution is -2.20. The Labute approximate surface area is 114 Å². The topological polar surface area (TPSA) is 66.4 Å². The van der Waals surface area contributed by atoms with Gasteiger partial charge >= 0.3 is 0 Å². The second-order valence-electron chi connectivity index (χ2n) is 4.60. The monoisotopic (exact) mass is 281 g/mol. The summed E-state index contributed by atoms with van der Waals surface area (Å²) in [5.41, 5.74) is 1.09. The van der Waals surface area contributed by atoms with Gasteiger partial charge in [-0.1, -0.05) is 37.8 Å². The van der Waals surface area contributed by atoms with E-state index in [-0.39, 0.29) is 18.3 Å². The van der Waals surface area contributed by atoms with Crippen molar-refractivity contribution in [1.29, 1.82) is 0 Å². The van der Waals surface area contributed by atoms with Crippen LogP contribution in [0.5, 0.6) is 0 Å². The van der Waals surface area contributed by atoms with Gasteiger partial charge in [0.1, 0.15) is 0 Å². The third kappa shape index (κ3) is 5.77. The van der Waals surface area contributed by atoms with E-state index in [0.29, 0.717) is 17.7 Å². The normalized spacial score (nSPS) is 10.9. The van der Waals surface area contributed by atoms with Crippen molar-refractivity contribution >= 4 is 15.7 Å². The summed E-state index contributed by atoms with van der Waals surface area (Å²) >= 11 is 0. The van der Waals surface area contributed by atoms with Crippen LogP contribution < -0.4 is 4.72 Å². The third-order valence-electron chi connectivity index (χ3n) is 2.21. The van der Waals surface area contributed by atoms with Crippen LogP contribution in [0.3, 0.4) is 0 Å². The molecule has 1 aromatic rings. The Bertz CT molecular complexity index is 568. The molecular weight excluding hydrogens is 262 g/mol. The van der Waals surface area contributed by atoms with Crippen LogP contribution in [-0.4, -0.2) is 25.9 Å². The van der Waals surface area contributed by atoms with E-state index < -0.39 is 10.0 Å². The Hall–Kier alpha value is -1.51. The maximum Gasteiger partial charge on any atom is 0.233 e. The summed E-state index contributed by atoms with van der Waals surface area (Å²) in [4.78, 5) is 0. The van der Waals surface area contributed by atoms with E-state index in [2.05, 4.69) is 16.6 Å². The molecule has 2 N–H and O–H groups in total. The zero-order valence-electron chi connectivity index (χ0n) is 11.2. The Morgan fingerprint density at radius 1 is 1.32 bits per heavy atom. The smallest absolute Gasteiger partial charge is 0.233 e. The van der Waals surface area contributed by atoms with Gasteiger partial charge in [0.05, 0.1) is 18.0 Å². The Morgan fingerprint density at radius 3 is 2.63 bits per heavy atom. The van der Waals surface area contributed by atoms with E-state index in [1.165, 1.54) is 0 Å². The molecule has 0 spiro atoms. The van der Waals surface area contributed by atoms with Crippen molar-refractivity contribution in [2.75, 3.05) is 17.1 Å². The maximum absolute atomic E-state index is 11.9. The highest BCUT2D eigenvalue weighted by Crippen LogP contribution is 2.16. The largest absolute Gasteiger partial charge is 0.395 e. The number of aliphatic hydroxyl groups is 1.